The minimum atomic E-state index is -0.491. The molecule has 1 amide bonds. The number of fused-ring (bicyclic) bond motifs is 1. The van der Waals surface area contributed by atoms with Crippen molar-refractivity contribution in [3.63, 3.8) is 0 Å². The van der Waals surface area contributed by atoms with E-state index in [1.54, 1.807) is 11.0 Å². The zero-order chi connectivity index (χ0) is 18.0. The van der Waals surface area contributed by atoms with Gasteiger partial charge in [-0.3, -0.25) is 4.79 Å². The van der Waals surface area contributed by atoms with Crippen molar-refractivity contribution < 1.29 is 9.53 Å². The van der Waals surface area contributed by atoms with Crippen LogP contribution in [0.1, 0.15) is 39.4 Å². The molecule has 1 atom stereocenters. The van der Waals surface area contributed by atoms with Crippen molar-refractivity contribution in [1.82, 2.24) is 14.9 Å². The summed E-state index contributed by atoms with van der Waals surface area (Å²) >= 11 is 0. The first-order chi connectivity index (χ1) is 11.8. The van der Waals surface area contributed by atoms with E-state index in [0.717, 1.165) is 12.8 Å². The van der Waals surface area contributed by atoms with Gasteiger partial charge in [-0.25, -0.2) is 9.78 Å². The molecule has 1 N–H and O–H groups in total. The van der Waals surface area contributed by atoms with Gasteiger partial charge in [-0.1, -0.05) is 12.1 Å². The van der Waals surface area contributed by atoms with E-state index in [-0.39, 0.29) is 17.6 Å². The lowest BCUT2D eigenvalue weighted by atomic mass is 9.94. The Morgan fingerprint density at radius 1 is 1.36 bits per heavy atom. The zero-order valence-corrected chi connectivity index (χ0v) is 15.0. The Labute approximate surface area is 147 Å². The first-order valence-electron chi connectivity index (χ1n) is 8.78. The molecule has 3 rings (SSSR count). The van der Waals surface area contributed by atoms with Crippen LogP contribution in [0.5, 0.6) is 0 Å². The first kappa shape index (κ1) is 17.5. The summed E-state index contributed by atoms with van der Waals surface area (Å²) in [7, 11) is 0. The number of hydrogen-bond donors (Lipinski definition) is 1. The number of likely N-dealkylation sites (tertiary alicyclic amines) is 1. The first-order valence-corrected chi connectivity index (χ1v) is 8.78. The molecular formula is C19H25N3O3. The molecule has 2 aromatic rings. The van der Waals surface area contributed by atoms with Crippen LogP contribution in [0.4, 0.5) is 4.79 Å². The molecule has 1 saturated heterocycles. The maximum Gasteiger partial charge on any atom is 0.410 e. The molecule has 0 bridgehead atoms. The van der Waals surface area contributed by atoms with E-state index < -0.39 is 5.60 Å². The number of benzene rings is 1. The van der Waals surface area contributed by atoms with E-state index >= 15 is 0 Å². The van der Waals surface area contributed by atoms with Crippen LogP contribution in [-0.4, -0.2) is 39.7 Å². The molecule has 0 saturated carbocycles. The van der Waals surface area contributed by atoms with Crippen LogP contribution in [0.25, 0.3) is 10.9 Å². The molecule has 134 valence electrons. The van der Waals surface area contributed by atoms with Crippen molar-refractivity contribution in [2.75, 3.05) is 13.1 Å². The lowest BCUT2D eigenvalue weighted by Gasteiger charge is -2.34. The van der Waals surface area contributed by atoms with E-state index in [4.69, 9.17) is 4.74 Å². The number of hydrogen-bond acceptors (Lipinski definition) is 4. The standard InChI is InChI=1S/C19H25N3O3/c1-19(2,3)25-18(24)22-10-6-7-13(12-22)11-16-20-15-9-5-4-8-14(15)17(23)21-16/h4-5,8-9,13H,6-7,10-12H2,1-3H3,(H,20,21,23). The van der Waals surface area contributed by atoms with Gasteiger partial charge >= 0.3 is 6.09 Å². The molecule has 1 fully saturated rings. The number of carbonyl (C=O) groups excluding carboxylic acids is 1. The maximum absolute atomic E-state index is 12.3. The summed E-state index contributed by atoms with van der Waals surface area (Å²) in [6.45, 7) is 6.96. The van der Waals surface area contributed by atoms with E-state index in [0.29, 0.717) is 36.2 Å². The van der Waals surface area contributed by atoms with E-state index in [2.05, 4.69) is 9.97 Å². The molecule has 0 radical (unpaired) electrons. The largest absolute Gasteiger partial charge is 0.444 e. The van der Waals surface area contributed by atoms with Crippen LogP contribution in [0.15, 0.2) is 29.1 Å². The number of nitrogens with zero attached hydrogens (tertiary/aromatic N) is 2. The predicted octanol–water partition coefficient (Wildman–Crippen LogP) is 3.11. The number of rotatable bonds is 2. The highest BCUT2D eigenvalue weighted by Crippen LogP contribution is 2.22. The van der Waals surface area contributed by atoms with Gasteiger partial charge in [-0.05, 0) is 51.7 Å². The summed E-state index contributed by atoms with van der Waals surface area (Å²) in [6, 6.07) is 7.33. The number of ether oxygens (including phenoxy) is 1. The fraction of sp³-hybridized carbons (Fsp3) is 0.526. The number of para-hydroxylation sites is 1. The smallest absolute Gasteiger partial charge is 0.410 e. The van der Waals surface area contributed by atoms with Gasteiger partial charge in [-0.2, -0.15) is 0 Å². The van der Waals surface area contributed by atoms with Gasteiger partial charge in [0.05, 0.1) is 10.9 Å². The Morgan fingerprint density at radius 2 is 2.12 bits per heavy atom. The third-order valence-corrected chi connectivity index (χ3v) is 4.31. The average Bonchev–Trinajstić information content (AvgIpc) is 2.53. The summed E-state index contributed by atoms with van der Waals surface area (Å²) in [5.74, 6) is 0.949. The van der Waals surface area contributed by atoms with Crippen LogP contribution in [-0.2, 0) is 11.2 Å². The van der Waals surface area contributed by atoms with Gasteiger partial charge in [-0.15, -0.1) is 0 Å². The lowest BCUT2D eigenvalue weighted by Crippen LogP contribution is -2.43. The highest BCUT2D eigenvalue weighted by molar-refractivity contribution is 5.77. The number of nitrogens with one attached hydrogen (secondary N) is 1. The topological polar surface area (TPSA) is 75.3 Å². The molecule has 1 aliphatic heterocycles. The summed E-state index contributed by atoms with van der Waals surface area (Å²) in [5.41, 5.74) is 0.108. The Balaban J connectivity index is 1.71. The van der Waals surface area contributed by atoms with Crippen LogP contribution in [0.3, 0.4) is 0 Å². The van der Waals surface area contributed by atoms with Crippen LogP contribution >= 0.6 is 0 Å². The Hall–Kier alpha value is -2.37. The highest BCUT2D eigenvalue weighted by Gasteiger charge is 2.28. The van der Waals surface area contributed by atoms with Crippen LogP contribution in [0.2, 0.25) is 0 Å². The monoisotopic (exact) mass is 343 g/mol. The second-order valence-electron chi connectivity index (χ2n) is 7.67. The van der Waals surface area contributed by atoms with Crippen molar-refractivity contribution in [3.8, 4) is 0 Å². The Morgan fingerprint density at radius 3 is 2.88 bits per heavy atom. The molecule has 1 aromatic heterocycles. The van der Waals surface area contributed by atoms with Crippen molar-refractivity contribution in [2.24, 2.45) is 5.92 Å². The van der Waals surface area contributed by atoms with Gasteiger partial charge < -0.3 is 14.6 Å². The van der Waals surface area contributed by atoms with Gasteiger partial charge in [0, 0.05) is 19.5 Å². The van der Waals surface area contributed by atoms with Gasteiger partial charge in [0.25, 0.3) is 5.56 Å². The predicted molar refractivity (Wildman–Crippen MR) is 96.6 cm³/mol. The molecule has 6 heteroatoms. The van der Waals surface area contributed by atoms with Crippen molar-refractivity contribution in [3.05, 3.63) is 40.4 Å². The summed E-state index contributed by atoms with van der Waals surface area (Å²) in [5, 5.41) is 0.602. The van der Waals surface area contributed by atoms with Gasteiger partial charge in [0.15, 0.2) is 0 Å². The van der Waals surface area contributed by atoms with Crippen molar-refractivity contribution in [2.45, 2.75) is 45.6 Å². The number of amides is 1. The molecule has 1 aliphatic rings. The average molecular weight is 343 g/mol. The number of piperidine rings is 1. The van der Waals surface area contributed by atoms with E-state index in [1.165, 1.54) is 0 Å². The maximum atomic E-state index is 12.3. The lowest BCUT2D eigenvalue weighted by molar-refractivity contribution is 0.0165. The fourth-order valence-corrected chi connectivity index (χ4v) is 3.23. The molecule has 0 spiro atoms. The van der Waals surface area contributed by atoms with Gasteiger partial charge in [0.2, 0.25) is 0 Å². The normalized spacial score (nSPS) is 18.4. The molecule has 25 heavy (non-hydrogen) atoms. The third-order valence-electron chi connectivity index (χ3n) is 4.31. The van der Waals surface area contributed by atoms with Crippen molar-refractivity contribution >= 4 is 17.0 Å². The Bertz CT molecular complexity index is 823. The van der Waals surface area contributed by atoms with E-state index in [9.17, 15) is 9.59 Å². The molecular weight excluding hydrogens is 318 g/mol. The quantitative estimate of drug-likeness (QED) is 0.909. The molecule has 1 unspecified atom stereocenters. The minimum absolute atomic E-state index is 0.111. The van der Waals surface area contributed by atoms with E-state index in [1.807, 2.05) is 39.0 Å². The SMILES string of the molecule is CC(C)(C)OC(=O)N1CCCC(Cc2nc3ccccc3c(=O)[nH]2)C1. The molecule has 2 heterocycles. The third kappa shape index (κ3) is 4.38. The second kappa shape index (κ2) is 6.86. The zero-order valence-electron chi connectivity index (χ0n) is 15.0. The van der Waals surface area contributed by atoms with Gasteiger partial charge in [0.1, 0.15) is 11.4 Å². The van der Waals surface area contributed by atoms with Crippen LogP contribution < -0.4 is 5.56 Å². The minimum Gasteiger partial charge on any atom is -0.444 e. The summed E-state index contributed by atoms with van der Waals surface area (Å²) in [6.07, 6.45) is 2.33. The molecule has 0 aliphatic carbocycles. The highest BCUT2D eigenvalue weighted by atomic mass is 16.6. The van der Waals surface area contributed by atoms with Crippen LogP contribution in [0, 0.1) is 5.92 Å². The second-order valence-corrected chi connectivity index (χ2v) is 7.67. The number of carbonyl (C=O) groups is 1. The summed E-state index contributed by atoms with van der Waals surface area (Å²) in [4.78, 5) is 33.7. The molecule has 1 aromatic carbocycles. The van der Waals surface area contributed by atoms with Crippen molar-refractivity contribution in [1.29, 1.82) is 0 Å². The number of H-pyrrole nitrogens is 1. The number of aromatic amines is 1. The fourth-order valence-electron chi connectivity index (χ4n) is 3.23. The summed E-state index contributed by atoms with van der Waals surface area (Å²) < 4.78 is 5.47. The molecule has 6 nitrogen and oxygen atoms in total. The Kier molecular flexibility index (Phi) is 4.79. The number of aromatic nitrogens is 2.